The number of esters is 1. The Kier molecular flexibility index (Phi) is 69.9. The van der Waals surface area contributed by atoms with Gasteiger partial charge in [-0.3, -0.25) is 9.59 Å². The Bertz CT molecular complexity index is 1330. The lowest BCUT2D eigenvalue weighted by Crippen LogP contribution is -2.45. The van der Waals surface area contributed by atoms with Gasteiger partial charge in [0.25, 0.3) is 0 Å². The van der Waals surface area contributed by atoms with Crippen molar-refractivity contribution in [1.82, 2.24) is 5.32 Å². The number of amides is 1. The number of aliphatic hydroxyl groups is 2. The third-order valence-electron chi connectivity index (χ3n) is 17.4. The van der Waals surface area contributed by atoms with Crippen molar-refractivity contribution in [2.24, 2.45) is 0 Å². The Morgan fingerprint density at radius 3 is 0.951 bits per heavy atom. The molecule has 0 rings (SSSR count). The number of carbonyl (C=O) groups excluding carboxylic acids is 2. The smallest absolute Gasteiger partial charge is 0.305 e. The summed E-state index contributed by atoms with van der Waals surface area (Å²) in [6, 6.07) is -0.543. The van der Waals surface area contributed by atoms with Gasteiger partial charge in [0.15, 0.2) is 0 Å². The maximum absolute atomic E-state index is 12.6. The highest BCUT2D eigenvalue weighted by Crippen LogP contribution is 2.19. The van der Waals surface area contributed by atoms with E-state index in [-0.39, 0.29) is 18.5 Å². The number of nitrogens with one attached hydrogen (secondary N) is 1. The van der Waals surface area contributed by atoms with Crippen LogP contribution in [-0.4, -0.2) is 47.4 Å². The Labute approximate surface area is 513 Å². The third-order valence-corrected chi connectivity index (χ3v) is 17.4. The summed E-state index contributed by atoms with van der Waals surface area (Å²) in [6.45, 7) is 4.97. The SMILES string of the molecule is CCCCCC/C=C\C/C=C\CCCCCCCC(=O)OCCCCCCCCCCCCCC/C=C\CCCCCCCCCCCCCCC(=O)NC(CO)C(O)CCCCCCCCCCCCCCCCCCCCCCC. The van der Waals surface area contributed by atoms with Crippen LogP contribution >= 0.6 is 0 Å². The fourth-order valence-electron chi connectivity index (χ4n) is 11.7. The van der Waals surface area contributed by atoms with Crippen LogP contribution in [0.15, 0.2) is 36.5 Å². The molecule has 0 saturated carbocycles. The first-order valence-electron chi connectivity index (χ1n) is 37.2. The zero-order valence-electron chi connectivity index (χ0n) is 55.5. The maximum Gasteiger partial charge on any atom is 0.305 e. The van der Waals surface area contributed by atoms with Crippen LogP contribution in [0.25, 0.3) is 0 Å². The first kappa shape index (κ1) is 80.1. The molecular weight excluding hydrogens is 1010 g/mol. The molecular formula is C76H145NO5. The fraction of sp³-hybridized carbons (Fsp3) is 0.895. The van der Waals surface area contributed by atoms with Gasteiger partial charge in [-0.25, -0.2) is 0 Å². The Morgan fingerprint density at radius 1 is 0.341 bits per heavy atom. The van der Waals surface area contributed by atoms with Crippen molar-refractivity contribution < 1.29 is 24.5 Å². The van der Waals surface area contributed by atoms with E-state index >= 15 is 0 Å². The minimum absolute atomic E-state index is 0.00299. The highest BCUT2D eigenvalue weighted by atomic mass is 16.5. The molecule has 82 heavy (non-hydrogen) atoms. The second kappa shape index (κ2) is 71.6. The first-order chi connectivity index (χ1) is 40.5. The molecule has 1 amide bonds. The molecule has 2 atom stereocenters. The number of rotatable bonds is 70. The highest BCUT2D eigenvalue weighted by molar-refractivity contribution is 5.76. The summed E-state index contributed by atoms with van der Waals surface area (Å²) in [5, 5.41) is 23.4. The van der Waals surface area contributed by atoms with Crippen molar-refractivity contribution in [2.75, 3.05) is 13.2 Å². The summed E-state index contributed by atoms with van der Waals surface area (Å²) in [6.07, 6.45) is 92.0. The largest absolute Gasteiger partial charge is 0.466 e. The van der Waals surface area contributed by atoms with Crippen LogP contribution in [0.3, 0.4) is 0 Å². The van der Waals surface area contributed by atoms with Crippen molar-refractivity contribution in [2.45, 2.75) is 424 Å². The maximum atomic E-state index is 12.6. The lowest BCUT2D eigenvalue weighted by atomic mass is 10.0. The predicted octanol–water partition coefficient (Wildman–Crippen LogP) is 24.3. The van der Waals surface area contributed by atoms with Gasteiger partial charge in [-0.05, 0) is 83.5 Å². The second-order valence-electron chi connectivity index (χ2n) is 25.6. The Hall–Kier alpha value is -1.92. The standard InChI is InChI=1S/C76H145NO5/c1-3-5-7-9-11-13-15-17-19-21-22-31-34-37-40-44-48-52-56-60-64-68-74(79)73(72-78)77-75(80)69-65-61-57-53-49-45-41-38-35-32-29-27-25-23-24-26-28-30-33-36-39-43-47-51-55-59-63-67-71-82-76(81)70-66-62-58-54-50-46-42-20-18-16-14-12-10-8-6-4-2/h14,16,20,23-24,42,73-74,78-79H,3-13,15,17-19,21-22,25-41,43-72H2,1-2H3,(H,77,80)/b16-14-,24-23-,42-20-. The Morgan fingerprint density at radius 2 is 0.610 bits per heavy atom. The van der Waals surface area contributed by atoms with E-state index in [0.717, 1.165) is 51.4 Å². The van der Waals surface area contributed by atoms with Crippen LogP contribution in [-0.2, 0) is 14.3 Å². The summed E-state index contributed by atoms with van der Waals surface area (Å²) < 4.78 is 5.49. The molecule has 0 aromatic rings. The van der Waals surface area contributed by atoms with Crippen LogP contribution in [0.2, 0.25) is 0 Å². The van der Waals surface area contributed by atoms with Gasteiger partial charge in [-0.2, -0.15) is 0 Å². The zero-order valence-corrected chi connectivity index (χ0v) is 55.5. The van der Waals surface area contributed by atoms with Crippen LogP contribution in [0.5, 0.6) is 0 Å². The summed E-state index contributed by atoms with van der Waals surface area (Å²) in [5.74, 6) is -0.0277. The van der Waals surface area contributed by atoms with E-state index in [4.69, 9.17) is 4.74 Å². The van der Waals surface area contributed by atoms with Crippen molar-refractivity contribution >= 4 is 11.9 Å². The second-order valence-corrected chi connectivity index (χ2v) is 25.6. The molecule has 0 aromatic carbocycles. The lowest BCUT2D eigenvalue weighted by Gasteiger charge is -2.22. The predicted molar refractivity (Wildman–Crippen MR) is 361 cm³/mol. The lowest BCUT2D eigenvalue weighted by molar-refractivity contribution is -0.143. The number of hydrogen-bond donors (Lipinski definition) is 3. The van der Waals surface area contributed by atoms with Gasteiger partial charge in [-0.1, -0.05) is 352 Å². The molecule has 0 aromatic heterocycles. The Balaban J connectivity index is 3.38. The number of aliphatic hydroxyl groups excluding tert-OH is 2. The number of unbranched alkanes of at least 4 members (excludes halogenated alkanes) is 53. The number of hydrogen-bond acceptors (Lipinski definition) is 5. The zero-order chi connectivity index (χ0) is 59.2. The summed E-state index contributed by atoms with van der Waals surface area (Å²) >= 11 is 0. The van der Waals surface area contributed by atoms with Gasteiger partial charge in [0.1, 0.15) is 0 Å². The topological polar surface area (TPSA) is 95.9 Å². The molecule has 0 aliphatic rings. The molecule has 0 aliphatic carbocycles. The van der Waals surface area contributed by atoms with Gasteiger partial charge in [0.05, 0.1) is 25.4 Å². The van der Waals surface area contributed by atoms with E-state index in [2.05, 4.69) is 55.6 Å². The molecule has 0 saturated heterocycles. The normalized spacial score (nSPS) is 12.7. The molecule has 0 heterocycles. The minimum Gasteiger partial charge on any atom is -0.466 e. The molecule has 6 nitrogen and oxygen atoms in total. The molecule has 0 spiro atoms. The van der Waals surface area contributed by atoms with E-state index < -0.39 is 12.1 Å². The summed E-state index contributed by atoms with van der Waals surface area (Å²) in [7, 11) is 0. The highest BCUT2D eigenvalue weighted by Gasteiger charge is 2.20. The van der Waals surface area contributed by atoms with Crippen molar-refractivity contribution in [3.05, 3.63) is 36.5 Å². The minimum atomic E-state index is -0.666. The van der Waals surface area contributed by atoms with Crippen LogP contribution in [0.4, 0.5) is 0 Å². The van der Waals surface area contributed by atoms with Crippen LogP contribution in [0.1, 0.15) is 412 Å². The fourth-order valence-corrected chi connectivity index (χ4v) is 11.7. The number of allylic oxidation sites excluding steroid dienone is 6. The van der Waals surface area contributed by atoms with E-state index in [1.54, 1.807) is 0 Å². The van der Waals surface area contributed by atoms with E-state index in [1.165, 1.54) is 327 Å². The molecule has 0 radical (unpaired) electrons. The summed E-state index contributed by atoms with van der Waals surface area (Å²) in [4.78, 5) is 24.6. The van der Waals surface area contributed by atoms with Gasteiger partial charge in [0.2, 0.25) is 5.91 Å². The molecule has 6 heteroatoms. The van der Waals surface area contributed by atoms with Crippen molar-refractivity contribution in [1.29, 1.82) is 0 Å². The average molecular weight is 1150 g/mol. The number of ether oxygens (including phenoxy) is 1. The molecule has 3 N–H and O–H groups in total. The van der Waals surface area contributed by atoms with Gasteiger partial charge < -0.3 is 20.3 Å². The quantitative estimate of drug-likeness (QED) is 0.0320. The molecule has 484 valence electrons. The average Bonchev–Trinajstić information content (AvgIpc) is 3.48. The van der Waals surface area contributed by atoms with Gasteiger partial charge >= 0.3 is 5.97 Å². The monoisotopic (exact) mass is 1150 g/mol. The van der Waals surface area contributed by atoms with E-state index in [1.807, 2.05) is 0 Å². The molecule has 0 aliphatic heterocycles. The molecule has 2 unspecified atom stereocenters. The molecule has 0 fully saturated rings. The molecule has 0 bridgehead atoms. The van der Waals surface area contributed by atoms with Crippen molar-refractivity contribution in [3.63, 3.8) is 0 Å². The van der Waals surface area contributed by atoms with Crippen LogP contribution < -0.4 is 5.32 Å². The van der Waals surface area contributed by atoms with Crippen LogP contribution in [0, 0.1) is 0 Å². The third kappa shape index (κ3) is 67.2. The van der Waals surface area contributed by atoms with E-state index in [9.17, 15) is 19.8 Å². The summed E-state index contributed by atoms with van der Waals surface area (Å²) in [5.41, 5.74) is 0. The van der Waals surface area contributed by atoms with Gasteiger partial charge in [-0.15, -0.1) is 0 Å². The van der Waals surface area contributed by atoms with Gasteiger partial charge in [0, 0.05) is 12.8 Å². The number of carbonyl (C=O) groups is 2. The van der Waals surface area contributed by atoms with Crippen molar-refractivity contribution in [3.8, 4) is 0 Å². The van der Waals surface area contributed by atoms with E-state index in [0.29, 0.717) is 25.9 Å². The first-order valence-corrected chi connectivity index (χ1v) is 37.2.